The highest BCUT2D eigenvalue weighted by atomic mass is 32.2. The molecule has 18 heavy (non-hydrogen) atoms. The Bertz CT molecular complexity index is 642. The molecule has 2 heterocycles. The van der Waals surface area contributed by atoms with Crippen LogP contribution in [0.4, 0.5) is 0 Å². The van der Waals surface area contributed by atoms with Gasteiger partial charge in [0.15, 0.2) is 5.16 Å². The van der Waals surface area contributed by atoms with Gasteiger partial charge in [-0.3, -0.25) is 9.36 Å². The molecule has 2 aromatic rings. The Morgan fingerprint density at radius 2 is 2.39 bits per heavy atom. The van der Waals surface area contributed by atoms with Gasteiger partial charge in [-0.05, 0) is 18.4 Å². The summed E-state index contributed by atoms with van der Waals surface area (Å²) in [6.45, 7) is 9.95. The average Bonchev–Trinajstić information content (AvgIpc) is 2.82. The smallest absolute Gasteiger partial charge is 0.263 e. The van der Waals surface area contributed by atoms with E-state index in [0.717, 1.165) is 9.99 Å². The number of rotatable bonds is 5. The van der Waals surface area contributed by atoms with Gasteiger partial charge in [0.1, 0.15) is 4.83 Å². The van der Waals surface area contributed by atoms with Gasteiger partial charge in [0.25, 0.3) is 5.56 Å². The first-order chi connectivity index (χ1) is 8.67. The SMILES string of the molecule is C=CCn1c(S[C@@H](C)C=C)nc2sccc2c1=O. The zero-order valence-electron chi connectivity index (χ0n) is 10.1. The van der Waals surface area contributed by atoms with Gasteiger partial charge in [0.05, 0.1) is 5.39 Å². The van der Waals surface area contributed by atoms with E-state index < -0.39 is 0 Å². The van der Waals surface area contributed by atoms with Crippen molar-refractivity contribution in [1.29, 1.82) is 0 Å². The highest BCUT2D eigenvalue weighted by Crippen LogP contribution is 2.24. The van der Waals surface area contributed by atoms with Crippen LogP contribution in [0.2, 0.25) is 0 Å². The van der Waals surface area contributed by atoms with Gasteiger partial charge < -0.3 is 0 Å². The van der Waals surface area contributed by atoms with Gasteiger partial charge in [-0.15, -0.1) is 24.5 Å². The molecule has 0 spiro atoms. The number of hydrogen-bond donors (Lipinski definition) is 0. The first kappa shape index (κ1) is 13.1. The third-order valence-electron chi connectivity index (χ3n) is 2.48. The minimum Gasteiger partial charge on any atom is -0.283 e. The summed E-state index contributed by atoms with van der Waals surface area (Å²) in [6.07, 6.45) is 3.55. The van der Waals surface area contributed by atoms with Crippen LogP contribution in [0.3, 0.4) is 0 Å². The molecule has 0 amide bonds. The fourth-order valence-corrected chi connectivity index (χ4v) is 3.19. The molecular weight excluding hydrogens is 264 g/mol. The Kier molecular flexibility index (Phi) is 4.04. The Morgan fingerprint density at radius 1 is 1.61 bits per heavy atom. The van der Waals surface area contributed by atoms with Crippen LogP contribution in [0, 0.1) is 0 Å². The second kappa shape index (κ2) is 5.54. The van der Waals surface area contributed by atoms with E-state index in [0.29, 0.717) is 11.9 Å². The van der Waals surface area contributed by atoms with E-state index >= 15 is 0 Å². The maximum Gasteiger partial charge on any atom is 0.263 e. The molecule has 0 bridgehead atoms. The van der Waals surface area contributed by atoms with E-state index in [1.54, 1.807) is 10.6 Å². The molecule has 0 unspecified atom stereocenters. The standard InChI is InChI=1S/C13H14N2OS2/c1-4-7-15-12(16)10-6-8-17-11(10)14-13(15)18-9(3)5-2/h4-6,8-9H,1-2,7H2,3H3/t9-/m0/s1. The molecule has 1 atom stereocenters. The molecule has 94 valence electrons. The lowest BCUT2D eigenvalue weighted by molar-refractivity contribution is 0.672. The van der Waals surface area contributed by atoms with E-state index in [1.165, 1.54) is 23.1 Å². The number of fused-ring (bicyclic) bond motifs is 1. The van der Waals surface area contributed by atoms with E-state index in [1.807, 2.05) is 24.4 Å². The fourth-order valence-electron chi connectivity index (χ4n) is 1.52. The molecule has 0 aliphatic rings. The van der Waals surface area contributed by atoms with Crippen LogP contribution in [0.25, 0.3) is 10.2 Å². The van der Waals surface area contributed by atoms with Gasteiger partial charge in [-0.1, -0.05) is 23.9 Å². The van der Waals surface area contributed by atoms with Crippen LogP contribution in [0.15, 0.2) is 46.7 Å². The molecule has 0 aliphatic heterocycles. The largest absolute Gasteiger partial charge is 0.283 e. The average molecular weight is 278 g/mol. The van der Waals surface area contributed by atoms with Crippen LogP contribution in [-0.4, -0.2) is 14.8 Å². The summed E-state index contributed by atoms with van der Waals surface area (Å²) in [5.41, 5.74) is -0.0000813. The van der Waals surface area contributed by atoms with E-state index in [-0.39, 0.29) is 10.8 Å². The van der Waals surface area contributed by atoms with Crippen molar-refractivity contribution in [2.75, 3.05) is 0 Å². The van der Waals surface area contributed by atoms with Crippen LogP contribution in [0.5, 0.6) is 0 Å². The Hall–Kier alpha value is -1.33. The molecule has 2 aromatic heterocycles. The van der Waals surface area contributed by atoms with Crippen LogP contribution in [-0.2, 0) is 6.54 Å². The lowest BCUT2D eigenvalue weighted by Gasteiger charge is -2.11. The third-order valence-corrected chi connectivity index (χ3v) is 4.38. The third kappa shape index (κ3) is 2.42. The van der Waals surface area contributed by atoms with Crippen LogP contribution in [0.1, 0.15) is 6.92 Å². The number of hydrogen-bond acceptors (Lipinski definition) is 4. The van der Waals surface area contributed by atoms with Crippen molar-refractivity contribution in [3.05, 3.63) is 47.1 Å². The fraction of sp³-hybridized carbons (Fsp3) is 0.231. The summed E-state index contributed by atoms with van der Waals surface area (Å²) < 4.78 is 1.66. The summed E-state index contributed by atoms with van der Waals surface area (Å²) in [6, 6.07) is 1.82. The molecule has 0 aliphatic carbocycles. The topological polar surface area (TPSA) is 34.9 Å². The van der Waals surface area contributed by atoms with E-state index in [9.17, 15) is 4.79 Å². The maximum atomic E-state index is 12.3. The normalized spacial score (nSPS) is 12.5. The molecule has 0 fully saturated rings. The number of thiophene rings is 1. The number of aromatic nitrogens is 2. The van der Waals surface area contributed by atoms with Crippen molar-refractivity contribution in [2.24, 2.45) is 0 Å². The zero-order chi connectivity index (χ0) is 13.1. The van der Waals surface area contributed by atoms with Gasteiger partial charge in [-0.25, -0.2) is 4.98 Å². The van der Waals surface area contributed by atoms with Crippen molar-refractivity contribution < 1.29 is 0 Å². The second-order valence-electron chi connectivity index (χ2n) is 3.80. The predicted octanol–water partition coefficient (Wildman–Crippen LogP) is 3.31. The molecule has 3 nitrogen and oxygen atoms in total. The first-order valence-corrected chi connectivity index (χ1v) is 7.31. The summed E-state index contributed by atoms with van der Waals surface area (Å²) in [7, 11) is 0. The van der Waals surface area contributed by atoms with Crippen LogP contribution < -0.4 is 5.56 Å². The van der Waals surface area contributed by atoms with Gasteiger partial charge >= 0.3 is 0 Å². The summed E-state index contributed by atoms with van der Waals surface area (Å²) in [5.74, 6) is 0. The van der Waals surface area contributed by atoms with E-state index in [2.05, 4.69) is 18.1 Å². The van der Waals surface area contributed by atoms with Crippen molar-refractivity contribution in [3.63, 3.8) is 0 Å². The minimum atomic E-state index is -0.0000813. The molecule has 0 radical (unpaired) electrons. The highest BCUT2D eigenvalue weighted by molar-refractivity contribution is 7.99. The molecule has 0 aromatic carbocycles. The summed E-state index contributed by atoms with van der Waals surface area (Å²) in [4.78, 5) is 17.7. The van der Waals surface area contributed by atoms with Gasteiger partial charge in [0.2, 0.25) is 0 Å². The lowest BCUT2D eigenvalue weighted by Crippen LogP contribution is -2.22. The minimum absolute atomic E-state index is 0.0000813. The maximum absolute atomic E-state index is 12.3. The number of nitrogens with zero attached hydrogens (tertiary/aromatic N) is 2. The molecule has 0 N–H and O–H groups in total. The van der Waals surface area contributed by atoms with E-state index in [4.69, 9.17) is 0 Å². The van der Waals surface area contributed by atoms with Gasteiger partial charge in [0, 0.05) is 11.8 Å². The Labute approximate surface area is 114 Å². The Balaban J connectivity index is 2.61. The van der Waals surface area contributed by atoms with Crippen molar-refractivity contribution in [1.82, 2.24) is 9.55 Å². The zero-order valence-corrected chi connectivity index (χ0v) is 11.8. The van der Waals surface area contributed by atoms with Crippen molar-refractivity contribution in [3.8, 4) is 0 Å². The number of thioether (sulfide) groups is 1. The summed E-state index contributed by atoms with van der Waals surface area (Å²) >= 11 is 3.02. The monoisotopic (exact) mass is 278 g/mol. The summed E-state index contributed by atoms with van der Waals surface area (Å²) in [5, 5.41) is 3.51. The van der Waals surface area contributed by atoms with Crippen LogP contribution >= 0.6 is 23.1 Å². The molecule has 0 saturated heterocycles. The second-order valence-corrected chi connectivity index (χ2v) is 6.04. The highest BCUT2D eigenvalue weighted by Gasteiger charge is 2.13. The first-order valence-electron chi connectivity index (χ1n) is 5.55. The lowest BCUT2D eigenvalue weighted by atomic mass is 10.4. The van der Waals surface area contributed by atoms with Crippen molar-refractivity contribution in [2.45, 2.75) is 23.9 Å². The molecule has 5 heteroatoms. The molecular formula is C13H14N2OS2. The van der Waals surface area contributed by atoms with Crippen molar-refractivity contribution >= 4 is 33.3 Å². The Morgan fingerprint density at radius 3 is 3.06 bits per heavy atom. The number of allylic oxidation sites excluding steroid dienone is 1. The quantitative estimate of drug-likeness (QED) is 0.478. The predicted molar refractivity (Wildman–Crippen MR) is 79.6 cm³/mol. The molecule has 0 saturated carbocycles. The van der Waals surface area contributed by atoms with Gasteiger partial charge in [-0.2, -0.15) is 0 Å². The molecule has 2 rings (SSSR count).